The topological polar surface area (TPSA) is 94.4 Å². The third-order valence-electron chi connectivity index (χ3n) is 6.60. The Morgan fingerprint density at radius 2 is 1.78 bits per heavy atom. The summed E-state index contributed by atoms with van der Waals surface area (Å²) in [7, 11) is 0. The number of hydrogen-bond donors (Lipinski definition) is 1. The fourth-order valence-corrected chi connectivity index (χ4v) is 4.93. The molecule has 0 unspecified atom stereocenters. The number of fused-ring (bicyclic) bond motifs is 1. The largest absolute Gasteiger partial charge is 0.444 e. The van der Waals surface area contributed by atoms with E-state index in [0.29, 0.717) is 17.9 Å². The zero-order valence-corrected chi connectivity index (χ0v) is 22.9. The minimum atomic E-state index is -0.648. The Balaban J connectivity index is 1.38. The summed E-state index contributed by atoms with van der Waals surface area (Å²) < 4.78 is 21.1. The number of benzene rings is 1. The Bertz CT molecular complexity index is 1690. The molecule has 1 aromatic carbocycles. The Morgan fingerprint density at radius 1 is 1.00 bits per heavy atom. The van der Waals surface area contributed by atoms with Crippen LogP contribution in [0.3, 0.4) is 0 Å². The van der Waals surface area contributed by atoms with Gasteiger partial charge < -0.3 is 10.1 Å². The SMILES string of the molecule is CC(C)(C)OC(=O)N[C@@H](Cc1cccnc1)CN1On2c(-c3ccc(F)cc3)c(-c3ccncc3)c3ccc1nc32. The molecule has 0 fully saturated rings. The van der Waals surface area contributed by atoms with E-state index in [-0.39, 0.29) is 12.4 Å². The highest BCUT2D eigenvalue weighted by Gasteiger charge is 2.31. The molecule has 0 spiro atoms. The average Bonchev–Trinajstić information content (AvgIpc) is 3.30. The highest BCUT2D eigenvalue weighted by atomic mass is 19.1. The van der Waals surface area contributed by atoms with Crippen molar-refractivity contribution < 1.29 is 18.9 Å². The third kappa shape index (κ3) is 5.54. The summed E-state index contributed by atoms with van der Waals surface area (Å²) in [4.78, 5) is 32.6. The Labute approximate surface area is 236 Å². The van der Waals surface area contributed by atoms with Crippen molar-refractivity contribution in [1.82, 2.24) is 25.0 Å². The molecule has 5 heterocycles. The van der Waals surface area contributed by atoms with Crippen molar-refractivity contribution >= 4 is 22.9 Å². The molecule has 41 heavy (non-hydrogen) atoms. The lowest BCUT2D eigenvalue weighted by Crippen LogP contribution is -2.50. The van der Waals surface area contributed by atoms with Gasteiger partial charge >= 0.3 is 6.09 Å². The number of halogens is 1. The number of rotatable bonds is 7. The van der Waals surface area contributed by atoms with Crippen LogP contribution < -0.4 is 15.3 Å². The number of amides is 1. The molecular weight excluding hydrogens is 523 g/mol. The van der Waals surface area contributed by atoms with Gasteiger partial charge in [-0.25, -0.2) is 14.2 Å². The molecule has 1 N–H and O–H groups in total. The number of anilines is 1. The van der Waals surface area contributed by atoms with E-state index in [1.54, 1.807) is 46.7 Å². The molecule has 0 radical (unpaired) electrons. The van der Waals surface area contributed by atoms with Crippen molar-refractivity contribution in [3.8, 4) is 22.4 Å². The van der Waals surface area contributed by atoms with Crippen molar-refractivity contribution in [1.29, 1.82) is 0 Å². The number of nitrogens with one attached hydrogen (secondary N) is 1. The second-order valence-electron chi connectivity index (χ2n) is 10.9. The van der Waals surface area contributed by atoms with Crippen molar-refractivity contribution in [3.63, 3.8) is 0 Å². The zero-order valence-electron chi connectivity index (χ0n) is 22.9. The van der Waals surface area contributed by atoms with Gasteiger partial charge in [0.05, 0.1) is 12.6 Å². The number of ether oxygens (including phenoxy) is 1. The maximum Gasteiger partial charge on any atom is 0.407 e. The number of nitrogens with zero attached hydrogens (tertiary/aromatic N) is 5. The highest BCUT2D eigenvalue weighted by molar-refractivity contribution is 6.03. The van der Waals surface area contributed by atoms with Crippen LogP contribution in [-0.2, 0) is 11.2 Å². The summed E-state index contributed by atoms with van der Waals surface area (Å²) in [5.74, 6) is 0.264. The number of aromatic nitrogens is 4. The first kappa shape index (κ1) is 26.2. The fourth-order valence-electron chi connectivity index (χ4n) is 4.93. The lowest BCUT2D eigenvalue weighted by Gasteiger charge is -2.31. The van der Waals surface area contributed by atoms with E-state index in [0.717, 1.165) is 33.3 Å². The van der Waals surface area contributed by atoms with E-state index in [1.807, 2.05) is 57.2 Å². The lowest BCUT2D eigenvalue weighted by molar-refractivity contribution is 0.0477. The number of hydroxylamine groups is 1. The van der Waals surface area contributed by atoms with Gasteiger partial charge in [0.25, 0.3) is 0 Å². The minimum absolute atomic E-state index is 0.262. The summed E-state index contributed by atoms with van der Waals surface area (Å²) in [6.45, 7) is 5.72. The summed E-state index contributed by atoms with van der Waals surface area (Å²) in [6, 6.07) is 17.4. The molecule has 1 amide bonds. The first-order valence-corrected chi connectivity index (χ1v) is 13.3. The van der Waals surface area contributed by atoms with Gasteiger partial charge in [0.2, 0.25) is 0 Å². The first-order chi connectivity index (χ1) is 19.7. The molecule has 0 aliphatic carbocycles. The lowest BCUT2D eigenvalue weighted by atomic mass is 10.00. The maximum atomic E-state index is 13.9. The Morgan fingerprint density at radius 3 is 2.49 bits per heavy atom. The van der Waals surface area contributed by atoms with Crippen LogP contribution in [0.1, 0.15) is 26.3 Å². The van der Waals surface area contributed by atoms with Crippen LogP contribution in [0.5, 0.6) is 0 Å². The molecule has 208 valence electrons. The van der Waals surface area contributed by atoms with Gasteiger partial charge in [0, 0.05) is 41.3 Å². The molecule has 9 nitrogen and oxygen atoms in total. The zero-order chi connectivity index (χ0) is 28.6. The molecule has 0 saturated carbocycles. The second-order valence-corrected chi connectivity index (χ2v) is 10.9. The van der Waals surface area contributed by atoms with Crippen molar-refractivity contribution in [3.05, 3.63) is 96.8 Å². The van der Waals surface area contributed by atoms with Crippen molar-refractivity contribution in [2.45, 2.75) is 38.8 Å². The number of pyridine rings is 3. The quantitative estimate of drug-likeness (QED) is 0.281. The number of carbonyl (C=O) groups is 1. The normalized spacial score (nSPS) is 13.2. The molecule has 2 bridgehead atoms. The van der Waals surface area contributed by atoms with E-state index in [2.05, 4.69) is 15.3 Å². The van der Waals surface area contributed by atoms with Gasteiger partial charge in [-0.05, 0) is 92.9 Å². The van der Waals surface area contributed by atoms with Crippen LogP contribution in [0.2, 0.25) is 0 Å². The van der Waals surface area contributed by atoms with E-state index in [9.17, 15) is 9.18 Å². The first-order valence-electron chi connectivity index (χ1n) is 13.3. The molecule has 5 aromatic rings. The molecule has 4 aromatic heterocycles. The van der Waals surface area contributed by atoms with E-state index < -0.39 is 17.7 Å². The van der Waals surface area contributed by atoms with E-state index in [1.165, 1.54) is 12.1 Å². The summed E-state index contributed by atoms with van der Waals surface area (Å²) in [5, 5.41) is 5.52. The van der Waals surface area contributed by atoms with Crippen LogP contribution in [-0.4, -0.2) is 44.0 Å². The van der Waals surface area contributed by atoms with Crippen LogP contribution in [0.15, 0.2) is 85.5 Å². The smallest absolute Gasteiger partial charge is 0.407 e. The molecular formula is C31H29FN6O3. The fraction of sp³-hybridized carbons (Fsp3) is 0.226. The van der Waals surface area contributed by atoms with Crippen molar-refractivity contribution in [2.24, 2.45) is 0 Å². The van der Waals surface area contributed by atoms with Gasteiger partial charge in [-0.1, -0.05) is 6.07 Å². The maximum absolute atomic E-state index is 13.9. The molecule has 1 atom stereocenters. The summed E-state index contributed by atoms with van der Waals surface area (Å²) in [6.07, 6.45) is 6.89. The predicted octanol–water partition coefficient (Wildman–Crippen LogP) is 5.60. The van der Waals surface area contributed by atoms with Gasteiger partial charge in [0.15, 0.2) is 11.5 Å². The average molecular weight is 553 g/mol. The Hall–Kier alpha value is -4.99. The predicted molar refractivity (Wildman–Crippen MR) is 153 cm³/mol. The highest BCUT2D eigenvalue weighted by Crippen LogP contribution is 2.42. The molecule has 10 heteroatoms. The van der Waals surface area contributed by atoms with Crippen molar-refractivity contribution in [2.75, 3.05) is 11.6 Å². The minimum Gasteiger partial charge on any atom is -0.444 e. The van der Waals surface area contributed by atoms with Crippen LogP contribution in [0, 0.1) is 5.82 Å². The standard InChI is InChI=1S/C31H29FN6O3/c1-31(2,3)40-30(39)35-24(17-20-5-4-14-34-18-20)19-37-26-11-10-25-27(21-12-15-33-16-13-21)28(38(41-37)29(25)36-26)22-6-8-23(32)9-7-22/h4-16,18,24H,17,19H2,1-3H3,(H,35,39)/t24-/m0/s1. The third-order valence-corrected chi connectivity index (χ3v) is 6.60. The number of hydrogen-bond acceptors (Lipinski definition) is 7. The summed E-state index contributed by atoms with van der Waals surface area (Å²) in [5.41, 5.74) is 4.24. The van der Waals surface area contributed by atoms with Gasteiger partial charge in [-0.2, -0.15) is 5.06 Å². The van der Waals surface area contributed by atoms with E-state index >= 15 is 0 Å². The van der Waals surface area contributed by atoms with Crippen LogP contribution in [0.25, 0.3) is 33.4 Å². The molecule has 1 aliphatic heterocycles. The van der Waals surface area contributed by atoms with Crippen LogP contribution >= 0.6 is 0 Å². The van der Waals surface area contributed by atoms with Gasteiger partial charge in [-0.15, -0.1) is 4.73 Å². The summed E-state index contributed by atoms with van der Waals surface area (Å²) >= 11 is 0. The number of alkyl carbamates (subject to hydrolysis) is 1. The second kappa shape index (κ2) is 10.5. The van der Waals surface area contributed by atoms with Gasteiger partial charge in [0.1, 0.15) is 17.1 Å². The molecule has 6 rings (SSSR count). The molecule has 1 aliphatic rings. The Kier molecular flexibility index (Phi) is 6.74. The van der Waals surface area contributed by atoms with E-state index in [4.69, 9.17) is 14.7 Å². The number of carbonyl (C=O) groups excluding carboxylic acids is 1. The van der Waals surface area contributed by atoms with Gasteiger partial charge in [-0.3, -0.25) is 14.9 Å². The monoisotopic (exact) mass is 552 g/mol. The molecule has 0 saturated heterocycles. The van der Waals surface area contributed by atoms with Crippen LogP contribution in [0.4, 0.5) is 15.0 Å².